The number of aryl methyl sites for hydroxylation is 1. The molecular weight excluding hydrogens is 306 g/mol. The summed E-state index contributed by atoms with van der Waals surface area (Å²) in [6.07, 6.45) is 0.0245. The first-order chi connectivity index (χ1) is 11.6. The summed E-state index contributed by atoms with van der Waals surface area (Å²) in [6.45, 7) is 4.80. The predicted molar refractivity (Wildman–Crippen MR) is 90.3 cm³/mol. The number of carbonyl (C=O) groups is 1. The molecule has 3 rings (SSSR count). The number of ether oxygens (including phenoxy) is 2. The van der Waals surface area contributed by atoms with Crippen molar-refractivity contribution in [3.8, 4) is 11.5 Å². The van der Waals surface area contributed by atoms with E-state index in [1.807, 2.05) is 50.2 Å². The zero-order valence-corrected chi connectivity index (χ0v) is 13.8. The molecule has 2 N–H and O–H groups in total. The molecule has 0 amide bonds. The highest BCUT2D eigenvalue weighted by Gasteiger charge is 2.21. The molecule has 0 unspecified atom stereocenters. The van der Waals surface area contributed by atoms with Gasteiger partial charge in [-0.1, -0.05) is 30.3 Å². The van der Waals surface area contributed by atoms with E-state index in [4.69, 9.17) is 9.47 Å². The largest absolute Gasteiger partial charge is 0.481 e. The lowest BCUT2D eigenvalue weighted by molar-refractivity contribution is -0.137. The Kier molecular flexibility index (Phi) is 4.71. The Hall–Kier alpha value is -2.53. The van der Waals surface area contributed by atoms with Crippen molar-refractivity contribution in [2.45, 2.75) is 32.9 Å². The molecular formula is C19H21NO4. The van der Waals surface area contributed by atoms with Gasteiger partial charge < -0.3 is 19.9 Å². The summed E-state index contributed by atoms with van der Waals surface area (Å²) in [5.41, 5.74) is 4.25. The van der Waals surface area contributed by atoms with Gasteiger partial charge in [-0.15, -0.1) is 0 Å². The zero-order valence-electron chi connectivity index (χ0n) is 13.8. The quantitative estimate of drug-likeness (QED) is 0.852. The van der Waals surface area contributed by atoms with Crippen molar-refractivity contribution < 1.29 is 19.4 Å². The Morgan fingerprint density at radius 2 is 2.00 bits per heavy atom. The molecule has 1 aliphatic heterocycles. The maximum Gasteiger partial charge on any atom is 0.305 e. The van der Waals surface area contributed by atoms with E-state index in [2.05, 4.69) is 5.32 Å². The summed E-state index contributed by atoms with van der Waals surface area (Å²) in [5.74, 6) is 0.641. The number of hydrogen-bond acceptors (Lipinski definition) is 4. The number of benzene rings is 2. The van der Waals surface area contributed by atoms with Crippen molar-refractivity contribution >= 4 is 5.97 Å². The Bertz CT molecular complexity index is 757. The fourth-order valence-electron chi connectivity index (χ4n) is 2.98. The summed E-state index contributed by atoms with van der Waals surface area (Å²) in [4.78, 5) is 11.3. The van der Waals surface area contributed by atoms with Gasteiger partial charge in [0.2, 0.25) is 6.79 Å². The van der Waals surface area contributed by atoms with Crippen LogP contribution < -0.4 is 14.8 Å². The van der Waals surface area contributed by atoms with E-state index < -0.39 is 5.97 Å². The molecule has 0 aromatic heterocycles. The molecule has 0 saturated heterocycles. The van der Waals surface area contributed by atoms with Crippen LogP contribution in [0, 0.1) is 13.8 Å². The Morgan fingerprint density at radius 1 is 1.21 bits per heavy atom. The molecule has 1 atom stereocenters. The highest BCUT2D eigenvalue weighted by molar-refractivity contribution is 5.68. The van der Waals surface area contributed by atoms with Crippen LogP contribution in [0.3, 0.4) is 0 Å². The highest BCUT2D eigenvalue weighted by Crippen LogP contribution is 2.35. The monoisotopic (exact) mass is 327 g/mol. The number of para-hydroxylation sites is 1. The van der Waals surface area contributed by atoms with Crippen LogP contribution in [0.5, 0.6) is 11.5 Å². The van der Waals surface area contributed by atoms with E-state index in [-0.39, 0.29) is 19.3 Å². The first-order valence-electron chi connectivity index (χ1n) is 7.95. The number of hydrogen-bond donors (Lipinski definition) is 2. The van der Waals surface area contributed by atoms with E-state index in [0.29, 0.717) is 6.54 Å². The minimum atomic E-state index is -0.828. The van der Waals surface area contributed by atoms with Gasteiger partial charge >= 0.3 is 5.97 Å². The number of fused-ring (bicyclic) bond motifs is 1. The summed E-state index contributed by atoms with van der Waals surface area (Å²) in [6, 6.07) is 11.5. The first-order valence-corrected chi connectivity index (χ1v) is 7.95. The van der Waals surface area contributed by atoms with Crippen LogP contribution in [-0.4, -0.2) is 17.9 Å². The van der Waals surface area contributed by atoms with E-state index >= 15 is 0 Å². The third-order valence-corrected chi connectivity index (χ3v) is 4.42. The lowest BCUT2D eigenvalue weighted by atomic mass is 9.95. The van der Waals surface area contributed by atoms with Gasteiger partial charge in [-0.25, -0.2) is 0 Å². The van der Waals surface area contributed by atoms with E-state index in [1.54, 1.807) is 0 Å². The molecule has 2 aromatic carbocycles. The standard InChI is InChI=1S/C19H21NO4/c1-12-5-3-7-15(13(12)2)16(9-18(21)22)20-10-14-6-4-8-17-19(14)24-11-23-17/h3-8,16,20H,9-11H2,1-2H3,(H,21,22)/t16-/m1/s1. The van der Waals surface area contributed by atoms with Gasteiger partial charge in [0.25, 0.3) is 0 Å². The van der Waals surface area contributed by atoms with Crippen LogP contribution in [0.25, 0.3) is 0 Å². The topological polar surface area (TPSA) is 67.8 Å². The van der Waals surface area contributed by atoms with Crippen LogP contribution in [0.15, 0.2) is 36.4 Å². The zero-order chi connectivity index (χ0) is 17.1. The molecule has 0 aliphatic carbocycles. The lowest BCUT2D eigenvalue weighted by Gasteiger charge is -2.21. The van der Waals surface area contributed by atoms with Crippen LogP contribution in [0.1, 0.15) is 34.7 Å². The van der Waals surface area contributed by atoms with E-state index in [0.717, 1.165) is 33.8 Å². The second-order valence-electron chi connectivity index (χ2n) is 5.97. The van der Waals surface area contributed by atoms with Gasteiger partial charge in [0.05, 0.1) is 6.42 Å². The Balaban J connectivity index is 1.82. The number of nitrogens with one attached hydrogen (secondary N) is 1. The average Bonchev–Trinajstić information content (AvgIpc) is 3.03. The Labute approximate surface area is 141 Å². The summed E-state index contributed by atoms with van der Waals surface area (Å²) in [7, 11) is 0. The minimum Gasteiger partial charge on any atom is -0.481 e. The van der Waals surface area contributed by atoms with Gasteiger partial charge in [0, 0.05) is 18.2 Å². The lowest BCUT2D eigenvalue weighted by Crippen LogP contribution is -2.24. The normalized spacial score (nSPS) is 13.8. The van der Waals surface area contributed by atoms with Crippen LogP contribution in [-0.2, 0) is 11.3 Å². The molecule has 1 heterocycles. The minimum absolute atomic E-state index is 0.0245. The van der Waals surface area contributed by atoms with Crippen molar-refractivity contribution in [1.82, 2.24) is 5.32 Å². The van der Waals surface area contributed by atoms with Crippen molar-refractivity contribution in [3.63, 3.8) is 0 Å². The number of aliphatic carboxylic acids is 1. The number of carboxylic acids is 1. The molecule has 0 fully saturated rings. The van der Waals surface area contributed by atoms with Crippen molar-refractivity contribution in [2.24, 2.45) is 0 Å². The van der Waals surface area contributed by atoms with Gasteiger partial charge in [-0.2, -0.15) is 0 Å². The van der Waals surface area contributed by atoms with Gasteiger partial charge in [-0.05, 0) is 36.6 Å². The fraction of sp³-hybridized carbons (Fsp3) is 0.316. The summed E-state index contributed by atoms with van der Waals surface area (Å²) >= 11 is 0. The van der Waals surface area contributed by atoms with E-state index in [9.17, 15) is 9.90 Å². The van der Waals surface area contributed by atoms with Crippen LogP contribution in [0.2, 0.25) is 0 Å². The van der Waals surface area contributed by atoms with Gasteiger partial charge in [0.15, 0.2) is 11.5 Å². The van der Waals surface area contributed by atoms with Crippen molar-refractivity contribution in [2.75, 3.05) is 6.79 Å². The SMILES string of the molecule is Cc1cccc([C@@H](CC(=O)O)NCc2cccc3c2OCO3)c1C. The summed E-state index contributed by atoms with van der Waals surface area (Å²) < 4.78 is 10.9. The predicted octanol–water partition coefficient (Wildman–Crippen LogP) is 3.34. The Morgan fingerprint density at radius 3 is 2.79 bits per heavy atom. The van der Waals surface area contributed by atoms with Crippen molar-refractivity contribution in [3.05, 3.63) is 58.7 Å². The number of carboxylic acid groups (broad SMARTS) is 1. The summed E-state index contributed by atoms with van der Waals surface area (Å²) in [5, 5.41) is 12.6. The molecule has 5 nitrogen and oxygen atoms in total. The third kappa shape index (κ3) is 3.36. The average molecular weight is 327 g/mol. The van der Waals surface area contributed by atoms with Crippen molar-refractivity contribution in [1.29, 1.82) is 0 Å². The molecule has 0 radical (unpaired) electrons. The highest BCUT2D eigenvalue weighted by atomic mass is 16.7. The third-order valence-electron chi connectivity index (χ3n) is 4.42. The molecule has 2 aromatic rings. The molecule has 0 bridgehead atoms. The fourth-order valence-corrected chi connectivity index (χ4v) is 2.98. The second kappa shape index (κ2) is 6.93. The molecule has 5 heteroatoms. The molecule has 24 heavy (non-hydrogen) atoms. The maximum absolute atomic E-state index is 11.3. The molecule has 126 valence electrons. The maximum atomic E-state index is 11.3. The smallest absolute Gasteiger partial charge is 0.305 e. The van der Waals surface area contributed by atoms with Gasteiger partial charge in [-0.3, -0.25) is 4.79 Å². The van der Waals surface area contributed by atoms with Crippen LogP contribution >= 0.6 is 0 Å². The molecule has 0 spiro atoms. The molecule has 0 saturated carbocycles. The number of rotatable bonds is 6. The second-order valence-corrected chi connectivity index (χ2v) is 5.97. The van der Waals surface area contributed by atoms with E-state index in [1.165, 1.54) is 0 Å². The molecule has 1 aliphatic rings. The first kappa shape index (κ1) is 16.3. The van der Waals surface area contributed by atoms with Gasteiger partial charge in [0.1, 0.15) is 0 Å². The van der Waals surface area contributed by atoms with Crippen LogP contribution in [0.4, 0.5) is 0 Å².